The highest BCUT2D eigenvalue weighted by atomic mass is 35.5. The molecular weight excluding hydrogens is 290 g/mol. The molecule has 5 nitrogen and oxygen atoms in total. The van der Waals surface area contributed by atoms with Crippen LogP contribution in [0.25, 0.3) is 22.4 Å². The zero-order valence-electron chi connectivity index (χ0n) is 11.4. The zero-order chi connectivity index (χ0) is 15.1. The van der Waals surface area contributed by atoms with Crippen molar-refractivity contribution in [1.82, 2.24) is 15.0 Å². The molecule has 0 saturated heterocycles. The van der Waals surface area contributed by atoms with Crippen LogP contribution in [0.1, 0.15) is 21.7 Å². The number of nitrogens with one attached hydrogen (secondary N) is 1. The predicted octanol–water partition coefficient (Wildman–Crippen LogP) is 3.59. The molecule has 3 rings (SSSR count). The first-order chi connectivity index (χ1) is 9.97. The highest BCUT2D eigenvalue weighted by molar-refractivity contribution is 6.30. The van der Waals surface area contributed by atoms with Gasteiger partial charge in [0.2, 0.25) is 0 Å². The number of H-pyrrole nitrogens is 1. The maximum absolute atomic E-state index is 11.2. The minimum absolute atomic E-state index is 0.144. The van der Waals surface area contributed by atoms with Crippen molar-refractivity contribution in [3.63, 3.8) is 0 Å². The molecule has 0 aliphatic carbocycles. The number of carbonyl (C=O) groups is 1. The van der Waals surface area contributed by atoms with Gasteiger partial charge >= 0.3 is 5.97 Å². The molecule has 6 heteroatoms. The largest absolute Gasteiger partial charge is 0.477 e. The fourth-order valence-electron chi connectivity index (χ4n) is 2.42. The van der Waals surface area contributed by atoms with E-state index in [1.165, 1.54) is 0 Å². The molecule has 0 aliphatic heterocycles. The molecule has 2 aromatic heterocycles. The summed E-state index contributed by atoms with van der Waals surface area (Å²) in [7, 11) is 0. The Morgan fingerprint density at radius 3 is 2.71 bits per heavy atom. The van der Waals surface area contributed by atoms with Gasteiger partial charge in [0.05, 0.1) is 5.69 Å². The van der Waals surface area contributed by atoms with Crippen molar-refractivity contribution in [1.29, 1.82) is 0 Å². The van der Waals surface area contributed by atoms with Gasteiger partial charge in [-0.05, 0) is 31.5 Å². The maximum Gasteiger partial charge on any atom is 0.352 e. The molecule has 0 bridgehead atoms. The second kappa shape index (κ2) is 4.86. The van der Waals surface area contributed by atoms with Crippen LogP contribution < -0.4 is 0 Å². The highest BCUT2D eigenvalue weighted by Crippen LogP contribution is 2.26. The molecule has 2 N–H and O–H groups in total. The molecule has 0 radical (unpaired) electrons. The van der Waals surface area contributed by atoms with Crippen LogP contribution in [0, 0.1) is 13.8 Å². The maximum atomic E-state index is 11.2. The number of aromatic amines is 1. The molecular formula is C15H12ClN3O2. The van der Waals surface area contributed by atoms with E-state index in [0.717, 1.165) is 16.6 Å². The molecule has 0 spiro atoms. The fourth-order valence-corrected chi connectivity index (χ4v) is 2.61. The van der Waals surface area contributed by atoms with E-state index >= 15 is 0 Å². The molecule has 2 heterocycles. The second-order valence-corrected chi connectivity index (χ2v) is 5.23. The van der Waals surface area contributed by atoms with E-state index in [1.54, 1.807) is 19.1 Å². The Kier molecular flexibility index (Phi) is 3.14. The molecule has 0 saturated carbocycles. The first kappa shape index (κ1) is 13.6. The van der Waals surface area contributed by atoms with Crippen molar-refractivity contribution in [3.8, 4) is 11.4 Å². The number of rotatable bonds is 2. The Balaban J connectivity index is 2.26. The first-order valence-electron chi connectivity index (χ1n) is 6.33. The Labute approximate surface area is 125 Å². The van der Waals surface area contributed by atoms with Crippen molar-refractivity contribution in [2.45, 2.75) is 13.8 Å². The summed E-state index contributed by atoms with van der Waals surface area (Å²) in [6, 6.07) is 7.23. The normalized spacial score (nSPS) is 11.0. The molecule has 0 unspecified atom stereocenters. The fraction of sp³-hybridized carbons (Fsp3) is 0.133. The first-order valence-corrected chi connectivity index (χ1v) is 6.71. The third kappa shape index (κ3) is 2.25. The van der Waals surface area contributed by atoms with Crippen molar-refractivity contribution in [2.75, 3.05) is 0 Å². The quantitative estimate of drug-likeness (QED) is 0.758. The van der Waals surface area contributed by atoms with Crippen molar-refractivity contribution >= 4 is 28.6 Å². The number of hydrogen-bond donors (Lipinski definition) is 2. The van der Waals surface area contributed by atoms with Gasteiger partial charge in [-0.2, -0.15) is 0 Å². The van der Waals surface area contributed by atoms with Crippen LogP contribution in [0.5, 0.6) is 0 Å². The van der Waals surface area contributed by atoms with Crippen LogP contribution in [0.4, 0.5) is 0 Å². The molecule has 0 aliphatic rings. The van der Waals surface area contributed by atoms with Gasteiger partial charge < -0.3 is 10.1 Å². The van der Waals surface area contributed by atoms with Gasteiger partial charge in [-0.25, -0.2) is 14.8 Å². The molecule has 1 aromatic carbocycles. The van der Waals surface area contributed by atoms with Crippen LogP contribution in [0.15, 0.2) is 24.3 Å². The van der Waals surface area contributed by atoms with Gasteiger partial charge in [-0.3, -0.25) is 0 Å². The lowest BCUT2D eigenvalue weighted by molar-refractivity contribution is 0.0690. The van der Waals surface area contributed by atoms with Gasteiger partial charge in [-0.15, -0.1) is 0 Å². The molecule has 106 valence electrons. The lowest BCUT2D eigenvalue weighted by Gasteiger charge is -2.03. The number of hydrogen-bond acceptors (Lipinski definition) is 3. The van der Waals surface area contributed by atoms with Crippen LogP contribution in [0.2, 0.25) is 5.02 Å². The van der Waals surface area contributed by atoms with Crippen molar-refractivity contribution in [2.24, 2.45) is 0 Å². The number of carboxylic acid groups (broad SMARTS) is 1. The van der Waals surface area contributed by atoms with E-state index in [-0.39, 0.29) is 5.69 Å². The lowest BCUT2D eigenvalue weighted by Crippen LogP contribution is -1.98. The average molecular weight is 302 g/mol. The van der Waals surface area contributed by atoms with E-state index < -0.39 is 5.97 Å². The summed E-state index contributed by atoms with van der Waals surface area (Å²) in [5.41, 5.74) is 2.83. The summed E-state index contributed by atoms with van der Waals surface area (Å²) in [6.07, 6.45) is 0. The lowest BCUT2D eigenvalue weighted by atomic mass is 10.1. The zero-order valence-corrected chi connectivity index (χ0v) is 12.2. The molecule has 3 aromatic rings. The minimum atomic E-state index is -1.01. The SMILES string of the molecule is Cc1nc(-c2cccc(Cl)c2)nc2[nH]c(C(=O)O)c(C)c12. The van der Waals surface area contributed by atoms with E-state index in [1.807, 2.05) is 19.1 Å². The van der Waals surface area contributed by atoms with E-state index in [0.29, 0.717) is 22.1 Å². The number of aromatic carboxylic acids is 1. The standard InChI is InChI=1S/C15H12ClN3O2/c1-7-11-8(2)17-13(9-4-3-5-10(16)6-9)19-14(11)18-12(7)15(20)21/h3-6H,1-2H3,(H,20,21)(H,17,18,19). The van der Waals surface area contributed by atoms with E-state index in [2.05, 4.69) is 15.0 Å². The number of carboxylic acids is 1. The summed E-state index contributed by atoms with van der Waals surface area (Å²) in [5, 5.41) is 10.5. The number of halogens is 1. The summed E-state index contributed by atoms with van der Waals surface area (Å²) in [4.78, 5) is 22.9. The van der Waals surface area contributed by atoms with Crippen molar-refractivity contribution < 1.29 is 9.90 Å². The predicted molar refractivity (Wildman–Crippen MR) is 80.8 cm³/mol. The Bertz CT molecular complexity index is 871. The molecule has 0 amide bonds. The average Bonchev–Trinajstić information content (AvgIpc) is 2.76. The number of aromatic nitrogens is 3. The van der Waals surface area contributed by atoms with Gasteiger partial charge in [0.25, 0.3) is 0 Å². The van der Waals surface area contributed by atoms with Crippen LogP contribution in [0.3, 0.4) is 0 Å². The number of aryl methyl sites for hydroxylation is 2. The van der Waals surface area contributed by atoms with Crippen molar-refractivity contribution in [3.05, 3.63) is 46.2 Å². The van der Waals surface area contributed by atoms with E-state index in [9.17, 15) is 9.90 Å². The van der Waals surface area contributed by atoms with Crippen LogP contribution in [-0.4, -0.2) is 26.0 Å². The number of benzene rings is 1. The van der Waals surface area contributed by atoms with Gasteiger partial charge in [0.1, 0.15) is 11.3 Å². The summed E-state index contributed by atoms with van der Waals surface area (Å²) in [6.45, 7) is 3.59. The van der Waals surface area contributed by atoms with Gasteiger partial charge in [0, 0.05) is 16.0 Å². The Morgan fingerprint density at radius 1 is 1.29 bits per heavy atom. The van der Waals surface area contributed by atoms with Gasteiger partial charge in [-0.1, -0.05) is 23.7 Å². The Hall–Kier alpha value is -2.40. The monoisotopic (exact) mass is 301 g/mol. The van der Waals surface area contributed by atoms with Crippen LogP contribution in [-0.2, 0) is 0 Å². The number of nitrogens with zero attached hydrogens (tertiary/aromatic N) is 2. The molecule has 0 fully saturated rings. The highest BCUT2D eigenvalue weighted by Gasteiger charge is 2.18. The smallest absolute Gasteiger partial charge is 0.352 e. The second-order valence-electron chi connectivity index (χ2n) is 4.80. The minimum Gasteiger partial charge on any atom is -0.477 e. The van der Waals surface area contributed by atoms with Crippen LogP contribution >= 0.6 is 11.6 Å². The molecule has 21 heavy (non-hydrogen) atoms. The van der Waals surface area contributed by atoms with Gasteiger partial charge in [0.15, 0.2) is 5.82 Å². The summed E-state index contributed by atoms with van der Waals surface area (Å²) in [5.74, 6) is -0.491. The summed E-state index contributed by atoms with van der Waals surface area (Å²) >= 11 is 5.98. The third-order valence-corrected chi connectivity index (χ3v) is 3.62. The number of fused-ring (bicyclic) bond motifs is 1. The molecule has 0 atom stereocenters. The van der Waals surface area contributed by atoms with E-state index in [4.69, 9.17) is 11.6 Å². The summed E-state index contributed by atoms with van der Waals surface area (Å²) < 4.78 is 0. The topological polar surface area (TPSA) is 78.9 Å². The third-order valence-electron chi connectivity index (χ3n) is 3.38. The Morgan fingerprint density at radius 2 is 2.05 bits per heavy atom.